The average molecular weight is 514 g/mol. The number of nitrogens with two attached hydrogens (primary N) is 1. The summed E-state index contributed by atoms with van der Waals surface area (Å²) in [7, 11) is 1.85. The third-order valence-electron chi connectivity index (χ3n) is 6.27. The van der Waals surface area contributed by atoms with Gasteiger partial charge in [0.2, 0.25) is 0 Å². The smallest absolute Gasteiger partial charge is 0.259 e. The standard InChI is InChI=1S/C29H23N9O/c1-18(34-29(39)23-27(30)32-17-38-14-13-31-28(23)38)24-26(20-7-4-3-5-8-20)36-25-21(9-6-10-22(25)35-24)12-11-19-15-33-37(2)16-19/h3-10,13-18H,30H2,1-2H3,(H,34,39)/t18-/m0/s1. The van der Waals surface area contributed by atoms with Crippen molar-refractivity contribution in [1.29, 1.82) is 0 Å². The Labute approximate surface area is 223 Å². The van der Waals surface area contributed by atoms with Crippen LogP contribution in [0.25, 0.3) is 27.9 Å². The van der Waals surface area contributed by atoms with Crippen molar-refractivity contribution in [2.24, 2.45) is 7.05 Å². The molecule has 0 aliphatic heterocycles. The maximum absolute atomic E-state index is 13.4. The van der Waals surface area contributed by atoms with Gasteiger partial charge < -0.3 is 11.1 Å². The summed E-state index contributed by atoms with van der Waals surface area (Å²) in [5.74, 6) is 6.06. The van der Waals surface area contributed by atoms with Crippen molar-refractivity contribution in [2.75, 3.05) is 5.73 Å². The van der Waals surface area contributed by atoms with E-state index in [1.165, 1.54) is 6.33 Å². The molecule has 6 aromatic rings. The van der Waals surface area contributed by atoms with Crippen molar-refractivity contribution in [3.8, 4) is 23.1 Å². The number of para-hydroxylation sites is 1. The monoisotopic (exact) mass is 513 g/mol. The van der Waals surface area contributed by atoms with Crippen LogP contribution in [-0.2, 0) is 7.05 Å². The van der Waals surface area contributed by atoms with Crippen molar-refractivity contribution in [2.45, 2.75) is 13.0 Å². The number of aromatic nitrogens is 7. The highest BCUT2D eigenvalue weighted by Crippen LogP contribution is 2.29. The summed E-state index contributed by atoms with van der Waals surface area (Å²) in [5, 5.41) is 7.20. The molecule has 0 fully saturated rings. The first-order valence-corrected chi connectivity index (χ1v) is 12.2. The number of rotatable bonds is 4. The number of nitrogens with one attached hydrogen (secondary N) is 1. The Morgan fingerprint density at radius 2 is 1.90 bits per heavy atom. The van der Waals surface area contributed by atoms with Crippen LogP contribution in [0.4, 0.5) is 5.82 Å². The normalized spacial score (nSPS) is 11.7. The number of nitrogen functional groups attached to an aromatic ring is 1. The molecule has 4 heterocycles. The second kappa shape index (κ2) is 9.72. The maximum atomic E-state index is 13.4. The molecule has 4 aromatic heterocycles. The highest BCUT2D eigenvalue weighted by Gasteiger charge is 2.23. The summed E-state index contributed by atoms with van der Waals surface area (Å²) >= 11 is 0. The van der Waals surface area contributed by atoms with Gasteiger partial charge in [0.15, 0.2) is 5.65 Å². The Morgan fingerprint density at radius 3 is 2.69 bits per heavy atom. The number of hydrogen-bond donors (Lipinski definition) is 2. The molecule has 39 heavy (non-hydrogen) atoms. The van der Waals surface area contributed by atoms with Gasteiger partial charge >= 0.3 is 0 Å². The molecule has 2 aromatic carbocycles. The molecule has 0 saturated carbocycles. The zero-order chi connectivity index (χ0) is 26.9. The van der Waals surface area contributed by atoms with Gasteiger partial charge in [0, 0.05) is 31.2 Å². The molecule has 190 valence electrons. The molecule has 10 heteroatoms. The van der Waals surface area contributed by atoms with Crippen LogP contribution in [-0.4, -0.2) is 40.0 Å². The fourth-order valence-electron chi connectivity index (χ4n) is 4.39. The highest BCUT2D eigenvalue weighted by atomic mass is 16.1. The van der Waals surface area contributed by atoms with Crippen LogP contribution >= 0.6 is 0 Å². The van der Waals surface area contributed by atoms with E-state index in [4.69, 9.17) is 15.7 Å². The van der Waals surface area contributed by atoms with E-state index in [0.717, 1.165) is 16.7 Å². The van der Waals surface area contributed by atoms with E-state index < -0.39 is 11.9 Å². The number of benzene rings is 2. The van der Waals surface area contributed by atoms with E-state index in [1.807, 2.05) is 68.7 Å². The predicted molar refractivity (Wildman–Crippen MR) is 147 cm³/mol. The minimum Gasteiger partial charge on any atom is -0.383 e. The van der Waals surface area contributed by atoms with Crippen LogP contribution in [0, 0.1) is 11.8 Å². The summed E-state index contributed by atoms with van der Waals surface area (Å²) in [4.78, 5) is 31.8. The van der Waals surface area contributed by atoms with Crippen LogP contribution in [0.15, 0.2) is 79.6 Å². The quantitative estimate of drug-likeness (QED) is 0.345. The minimum absolute atomic E-state index is 0.100. The van der Waals surface area contributed by atoms with Gasteiger partial charge in [-0.15, -0.1) is 0 Å². The van der Waals surface area contributed by atoms with Crippen LogP contribution in [0.1, 0.15) is 40.1 Å². The second-order valence-electron chi connectivity index (χ2n) is 9.01. The molecule has 0 aliphatic carbocycles. The van der Waals surface area contributed by atoms with E-state index in [-0.39, 0.29) is 11.4 Å². The number of anilines is 1. The Kier molecular flexibility index (Phi) is 5.93. The summed E-state index contributed by atoms with van der Waals surface area (Å²) < 4.78 is 3.36. The zero-order valence-electron chi connectivity index (χ0n) is 21.2. The number of carbonyl (C=O) groups excluding carboxylic acids is 1. The number of hydrogen-bond acceptors (Lipinski definition) is 7. The summed E-state index contributed by atoms with van der Waals surface area (Å²) in [6, 6.07) is 14.9. The van der Waals surface area contributed by atoms with Gasteiger partial charge in [0.25, 0.3) is 5.91 Å². The molecule has 0 radical (unpaired) electrons. The Hall–Kier alpha value is -5.56. The van der Waals surface area contributed by atoms with Crippen molar-refractivity contribution >= 4 is 28.4 Å². The minimum atomic E-state index is -0.510. The summed E-state index contributed by atoms with van der Waals surface area (Å²) in [6.45, 7) is 1.86. The van der Waals surface area contributed by atoms with Gasteiger partial charge in [-0.3, -0.25) is 13.9 Å². The lowest BCUT2D eigenvalue weighted by molar-refractivity contribution is 0.0941. The van der Waals surface area contributed by atoms with E-state index in [9.17, 15) is 4.79 Å². The lowest BCUT2D eigenvalue weighted by Crippen LogP contribution is -2.29. The van der Waals surface area contributed by atoms with Crippen LogP contribution in [0.5, 0.6) is 0 Å². The fraction of sp³-hybridized carbons (Fsp3) is 0.103. The lowest BCUT2D eigenvalue weighted by Gasteiger charge is -2.18. The number of imidazole rings is 1. The molecule has 1 atom stereocenters. The molecule has 0 saturated heterocycles. The SMILES string of the molecule is C[C@H](NC(=O)c1c(N)ncn2ccnc12)c1nc2cccc(C#Cc3cnn(C)c3)c2nc1-c1ccccc1. The predicted octanol–water partition coefficient (Wildman–Crippen LogP) is 3.55. The van der Waals surface area contributed by atoms with Gasteiger partial charge in [0.1, 0.15) is 23.2 Å². The molecule has 0 unspecified atom stereocenters. The van der Waals surface area contributed by atoms with Gasteiger partial charge in [-0.2, -0.15) is 5.10 Å². The Morgan fingerprint density at radius 1 is 1.05 bits per heavy atom. The molecule has 10 nitrogen and oxygen atoms in total. The zero-order valence-corrected chi connectivity index (χ0v) is 21.2. The molecule has 0 aliphatic rings. The third kappa shape index (κ3) is 4.53. The molecule has 3 N–H and O–H groups in total. The van der Waals surface area contributed by atoms with Crippen LogP contribution < -0.4 is 11.1 Å². The third-order valence-corrected chi connectivity index (χ3v) is 6.27. The van der Waals surface area contributed by atoms with Crippen LogP contribution in [0.3, 0.4) is 0 Å². The van der Waals surface area contributed by atoms with Gasteiger partial charge in [-0.1, -0.05) is 48.2 Å². The number of aryl methyl sites for hydroxylation is 1. The molecular weight excluding hydrogens is 490 g/mol. The maximum Gasteiger partial charge on any atom is 0.259 e. The van der Waals surface area contributed by atoms with Gasteiger partial charge in [-0.05, 0) is 19.1 Å². The molecular formula is C29H23N9O. The highest BCUT2D eigenvalue weighted by molar-refractivity contribution is 6.04. The number of nitrogens with zero attached hydrogens (tertiary/aromatic N) is 7. The van der Waals surface area contributed by atoms with E-state index in [1.54, 1.807) is 27.7 Å². The molecule has 0 bridgehead atoms. The second-order valence-corrected chi connectivity index (χ2v) is 9.01. The fourth-order valence-corrected chi connectivity index (χ4v) is 4.39. The Bertz CT molecular complexity index is 1910. The van der Waals surface area contributed by atoms with Crippen molar-refractivity contribution < 1.29 is 4.79 Å². The Balaban J connectivity index is 1.44. The van der Waals surface area contributed by atoms with Crippen molar-refractivity contribution in [3.63, 3.8) is 0 Å². The summed E-state index contributed by atoms with van der Waals surface area (Å²) in [5.41, 5.74) is 11.7. The van der Waals surface area contributed by atoms with E-state index >= 15 is 0 Å². The van der Waals surface area contributed by atoms with E-state index in [0.29, 0.717) is 28.1 Å². The first-order chi connectivity index (χ1) is 19.0. The van der Waals surface area contributed by atoms with Gasteiger partial charge in [0.05, 0.1) is 40.3 Å². The molecule has 6 rings (SSSR count). The number of carbonyl (C=O) groups is 1. The topological polar surface area (TPSA) is 129 Å². The molecule has 1 amide bonds. The molecule has 0 spiro atoms. The largest absolute Gasteiger partial charge is 0.383 e. The number of fused-ring (bicyclic) bond motifs is 2. The van der Waals surface area contributed by atoms with Gasteiger partial charge in [-0.25, -0.2) is 19.9 Å². The van der Waals surface area contributed by atoms with Crippen molar-refractivity contribution in [1.82, 2.24) is 39.4 Å². The number of amides is 1. The summed E-state index contributed by atoms with van der Waals surface area (Å²) in [6.07, 6.45) is 8.39. The average Bonchev–Trinajstić information content (AvgIpc) is 3.60. The first-order valence-electron chi connectivity index (χ1n) is 12.2. The lowest BCUT2D eigenvalue weighted by atomic mass is 10.0. The van der Waals surface area contributed by atoms with E-state index in [2.05, 4.69) is 32.2 Å². The van der Waals surface area contributed by atoms with Crippen LogP contribution in [0.2, 0.25) is 0 Å². The van der Waals surface area contributed by atoms with Crippen molar-refractivity contribution in [3.05, 3.63) is 102 Å². The first kappa shape index (κ1) is 23.8.